The molecule has 0 aliphatic carbocycles. The molecular weight excluding hydrogens is 386 g/mol. The molecule has 1 aromatic rings. The van der Waals surface area contributed by atoms with Crippen LogP contribution in [0.5, 0.6) is 11.5 Å². The molecule has 1 saturated heterocycles. The molecule has 27 heavy (non-hydrogen) atoms. The lowest BCUT2D eigenvalue weighted by molar-refractivity contribution is -0.132. The van der Waals surface area contributed by atoms with E-state index in [1.807, 2.05) is 0 Å². The van der Waals surface area contributed by atoms with Crippen LogP contribution >= 0.6 is 0 Å². The molecule has 1 unspecified atom stereocenters. The topological polar surface area (TPSA) is 102 Å². The maximum atomic E-state index is 12.4. The van der Waals surface area contributed by atoms with Crippen LogP contribution in [0.4, 0.5) is 8.78 Å². The Balaban J connectivity index is 2.02. The summed E-state index contributed by atoms with van der Waals surface area (Å²) in [5, 5.41) is 2.50. The van der Waals surface area contributed by atoms with E-state index in [9.17, 15) is 26.8 Å². The molecule has 0 saturated carbocycles. The fourth-order valence-corrected chi connectivity index (χ4v) is 3.75. The van der Waals surface area contributed by atoms with E-state index < -0.39 is 34.3 Å². The number of hydrogen-bond acceptors (Lipinski definition) is 6. The second kappa shape index (κ2) is 8.51. The number of alkyl halides is 2. The minimum atomic E-state index is -3.12. The van der Waals surface area contributed by atoms with Crippen molar-refractivity contribution < 1.29 is 36.3 Å². The van der Waals surface area contributed by atoms with E-state index in [1.54, 1.807) is 0 Å². The molecule has 2 rings (SSSR count). The normalized spacial score (nSPS) is 17.3. The van der Waals surface area contributed by atoms with Crippen LogP contribution in [0.1, 0.15) is 17.3 Å². The van der Waals surface area contributed by atoms with E-state index in [0.717, 1.165) is 0 Å². The molecule has 1 aliphatic heterocycles. The number of nitrogens with one attached hydrogen (secondary N) is 1. The molecule has 1 atom stereocenters. The number of benzene rings is 1. The van der Waals surface area contributed by atoms with Crippen molar-refractivity contribution in [1.82, 2.24) is 10.2 Å². The summed E-state index contributed by atoms with van der Waals surface area (Å²) in [7, 11) is -1.88. The van der Waals surface area contributed by atoms with Gasteiger partial charge in [0.2, 0.25) is 5.91 Å². The molecule has 0 radical (unpaired) electrons. The number of methoxy groups -OCH3 is 1. The standard InChI is InChI=1S/C16H20F2N2O6S/c1-10(15(22)20-5-7-27(23,24)8-6-20)19-14(21)11-3-4-12(26-16(17)18)13(9-11)25-2/h3-4,9-10,16H,5-8H2,1-2H3,(H,19,21). The van der Waals surface area contributed by atoms with Crippen LogP contribution in [-0.2, 0) is 14.6 Å². The van der Waals surface area contributed by atoms with Gasteiger partial charge in [-0.25, -0.2) is 8.42 Å². The average Bonchev–Trinajstić information content (AvgIpc) is 2.60. The number of rotatable bonds is 6. The Kier molecular flexibility index (Phi) is 6.58. The van der Waals surface area contributed by atoms with E-state index in [0.29, 0.717) is 0 Å². The van der Waals surface area contributed by atoms with Crippen molar-refractivity contribution in [3.63, 3.8) is 0 Å². The molecule has 11 heteroatoms. The zero-order valence-corrected chi connectivity index (χ0v) is 15.6. The quantitative estimate of drug-likeness (QED) is 0.745. The molecule has 1 heterocycles. The maximum Gasteiger partial charge on any atom is 0.387 e. The Morgan fingerprint density at radius 3 is 2.37 bits per heavy atom. The smallest absolute Gasteiger partial charge is 0.387 e. The van der Waals surface area contributed by atoms with Gasteiger partial charge >= 0.3 is 6.61 Å². The van der Waals surface area contributed by atoms with Gasteiger partial charge < -0.3 is 19.7 Å². The molecule has 1 fully saturated rings. The van der Waals surface area contributed by atoms with Crippen molar-refractivity contribution in [2.45, 2.75) is 19.6 Å². The summed E-state index contributed by atoms with van der Waals surface area (Å²) in [4.78, 5) is 26.1. The Hall–Kier alpha value is -2.43. The second-order valence-electron chi connectivity index (χ2n) is 5.92. The van der Waals surface area contributed by atoms with Crippen molar-refractivity contribution in [2.75, 3.05) is 31.7 Å². The lowest BCUT2D eigenvalue weighted by Crippen LogP contribution is -2.51. The minimum absolute atomic E-state index is 0.0526. The summed E-state index contributed by atoms with van der Waals surface area (Å²) >= 11 is 0. The van der Waals surface area contributed by atoms with Gasteiger partial charge in [0.25, 0.3) is 5.91 Å². The molecule has 2 amide bonds. The van der Waals surface area contributed by atoms with Gasteiger partial charge in [-0.15, -0.1) is 0 Å². The Labute approximate surface area is 155 Å². The van der Waals surface area contributed by atoms with E-state index in [2.05, 4.69) is 10.1 Å². The molecule has 150 valence electrons. The summed E-state index contributed by atoms with van der Waals surface area (Å²) in [5.41, 5.74) is 0.0920. The van der Waals surface area contributed by atoms with Crippen LogP contribution in [0.15, 0.2) is 18.2 Å². The average molecular weight is 406 g/mol. The predicted octanol–water partition coefficient (Wildman–Crippen LogP) is 0.672. The van der Waals surface area contributed by atoms with Gasteiger partial charge in [-0.1, -0.05) is 0 Å². The van der Waals surface area contributed by atoms with Crippen molar-refractivity contribution in [3.8, 4) is 11.5 Å². The first-order valence-corrected chi connectivity index (χ1v) is 9.88. The van der Waals surface area contributed by atoms with E-state index in [1.165, 1.54) is 37.1 Å². The van der Waals surface area contributed by atoms with Crippen molar-refractivity contribution in [3.05, 3.63) is 23.8 Å². The first kappa shape index (κ1) is 20.9. The monoisotopic (exact) mass is 406 g/mol. The first-order chi connectivity index (χ1) is 12.6. The lowest BCUT2D eigenvalue weighted by Gasteiger charge is -2.29. The van der Waals surface area contributed by atoms with Gasteiger partial charge in [0.1, 0.15) is 6.04 Å². The van der Waals surface area contributed by atoms with Gasteiger partial charge in [0.15, 0.2) is 21.3 Å². The fourth-order valence-electron chi connectivity index (χ4n) is 2.55. The van der Waals surface area contributed by atoms with Gasteiger partial charge in [0.05, 0.1) is 18.6 Å². The van der Waals surface area contributed by atoms with E-state index in [-0.39, 0.29) is 41.7 Å². The molecular formula is C16H20F2N2O6S. The Morgan fingerprint density at radius 1 is 1.19 bits per heavy atom. The zero-order valence-electron chi connectivity index (χ0n) is 14.8. The van der Waals surface area contributed by atoms with E-state index in [4.69, 9.17) is 4.74 Å². The highest BCUT2D eigenvalue weighted by Crippen LogP contribution is 2.29. The van der Waals surface area contributed by atoms with Crippen molar-refractivity contribution in [1.29, 1.82) is 0 Å². The van der Waals surface area contributed by atoms with E-state index >= 15 is 0 Å². The minimum Gasteiger partial charge on any atom is -0.493 e. The van der Waals surface area contributed by atoms with Crippen LogP contribution in [0.25, 0.3) is 0 Å². The number of carbonyl (C=O) groups is 2. The summed E-state index contributed by atoms with van der Waals surface area (Å²) in [6.45, 7) is -1.40. The SMILES string of the molecule is COc1cc(C(=O)NC(C)C(=O)N2CCS(=O)(=O)CC2)ccc1OC(F)F. The molecule has 1 aromatic carbocycles. The summed E-state index contributed by atoms with van der Waals surface area (Å²) in [6, 6.07) is 2.76. The fraction of sp³-hybridized carbons (Fsp3) is 0.500. The summed E-state index contributed by atoms with van der Waals surface area (Å²) < 4.78 is 56.8. The van der Waals surface area contributed by atoms with Gasteiger partial charge in [-0.05, 0) is 25.1 Å². The Morgan fingerprint density at radius 2 is 1.81 bits per heavy atom. The molecule has 0 bridgehead atoms. The number of sulfone groups is 1. The van der Waals surface area contributed by atoms with Crippen LogP contribution < -0.4 is 14.8 Å². The predicted molar refractivity (Wildman–Crippen MR) is 91.8 cm³/mol. The second-order valence-corrected chi connectivity index (χ2v) is 8.22. The van der Waals surface area contributed by atoms with Gasteiger partial charge in [-0.3, -0.25) is 9.59 Å². The third-order valence-corrected chi connectivity index (χ3v) is 5.63. The molecule has 1 N–H and O–H groups in total. The number of hydrogen-bond donors (Lipinski definition) is 1. The van der Waals surface area contributed by atoms with Crippen LogP contribution in [0.2, 0.25) is 0 Å². The number of ether oxygens (including phenoxy) is 2. The third kappa shape index (κ3) is 5.52. The number of amides is 2. The largest absolute Gasteiger partial charge is 0.493 e. The molecule has 8 nitrogen and oxygen atoms in total. The van der Waals surface area contributed by atoms with Gasteiger partial charge in [0, 0.05) is 18.7 Å². The highest BCUT2D eigenvalue weighted by Gasteiger charge is 2.28. The highest BCUT2D eigenvalue weighted by atomic mass is 32.2. The van der Waals surface area contributed by atoms with Crippen molar-refractivity contribution in [2.24, 2.45) is 0 Å². The van der Waals surface area contributed by atoms with Gasteiger partial charge in [-0.2, -0.15) is 8.78 Å². The zero-order chi connectivity index (χ0) is 20.2. The molecule has 1 aliphatic rings. The third-order valence-electron chi connectivity index (χ3n) is 4.02. The van der Waals surface area contributed by atoms with Crippen molar-refractivity contribution >= 4 is 21.7 Å². The first-order valence-electron chi connectivity index (χ1n) is 8.06. The molecule has 0 aromatic heterocycles. The van der Waals surface area contributed by atoms with Crippen LogP contribution in [-0.4, -0.2) is 69.5 Å². The lowest BCUT2D eigenvalue weighted by atomic mass is 10.1. The highest BCUT2D eigenvalue weighted by molar-refractivity contribution is 7.91. The number of halogens is 2. The summed E-state index contributed by atoms with van der Waals surface area (Å²) in [5.74, 6) is -1.50. The number of nitrogens with zero attached hydrogens (tertiary/aromatic N) is 1. The number of carbonyl (C=O) groups excluding carboxylic acids is 2. The Bertz CT molecular complexity index is 801. The summed E-state index contributed by atoms with van der Waals surface area (Å²) in [6.07, 6.45) is 0. The van der Waals surface area contributed by atoms with Crippen LogP contribution in [0, 0.1) is 0 Å². The molecule has 0 spiro atoms. The maximum absolute atomic E-state index is 12.4. The van der Waals surface area contributed by atoms with Crippen LogP contribution in [0.3, 0.4) is 0 Å².